The highest BCUT2D eigenvalue weighted by Gasteiger charge is 2.40. The van der Waals surface area contributed by atoms with Crippen LogP contribution in [0.15, 0.2) is 48.8 Å². The van der Waals surface area contributed by atoms with Gasteiger partial charge in [-0.25, -0.2) is 23.9 Å². The van der Waals surface area contributed by atoms with Crippen molar-refractivity contribution in [1.29, 1.82) is 0 Å². The van der Waals surface area contributed by atoms with E-state index in [1.165, 1.54) is 14.2 Å². The number of rotatable bonds is 10. The van der Waals surface area contributed by atoms with Crippen LogP contribution in [0.4, 0.5) is 14.0 Å². The molecule has 0 radical (unpaired) electrons. The fourth-order valence-electron chi connectivity index (χ4n) is 9.02. The summed E-state index contributed by atoms with van der Waals surface area (Å²) < 4.78 is 29.4. The van der Waals surface area contributed by atoms with Gasteiger partial charge in [0, 0.05) is 42.2 Å². The van der Waals surface area contributed by atoms with Crippen LogP contribution < -0.4 is 10.1 Å². The maximum Gasteiger partial charge on any atom is 0.407 e. The molecular formula is C43H50FN9O7. The van der Waals surface area contributed by atoms with Crippen LogP contribution in [-0.4, -0.2) is 108 Å². The van der Waals surface area contributed by atoms with Crippen molar-refractivity contribution in [2.45, 2.75) is 84.3 Å². The maximum absolute atomic E-state index is 16.6. The number of nitrogens with zero attached hydrogens (tertiary/aromatic N) is 6. The minimum Gasteiger partial charge on any atom is -0.472 e. The number of aromatic amines is 2. The van der Waals surface area contributed by atoms with Crippen LogP contribution in [0.2, 0.25) is 0 Å². The van der Waals surface area contributed by atoms with Crippen LogP contribution in [-0.2, 0) is 21.1 Å². The number of halogens is 1. The highest BCUT2D eigenvalue weighted by Crippen LogP contribution is 2.44. The van der Waals surface area contributed by atoms with E-state index in [2.05, 4.69) is 25.3 Å². The summed E-state index contributed by atoms with van der Waals surface area (Å²) in [5.41, 5.74) is 4.59. The van der Waals surface area contributed by atoms with Crippen LogP contribution in [0.1, 0.15) is 77.1 Å². The number of ether oxygens (including phenoxy) is 2. The Balaban J connectivity index is 1.02. The van der Waals surface area contributed by atoms with E-state index in [-0.39, 0.29) is 48.3 Å². The molecule has 8 rings (SSSR count). The van der Waals surface area contributed by atoms with E-state index in [0.717, 1.165) is 28.9 Å². The molecular weight excluding hydrogens is 774 g/mol. The molecule has 0 bridgehead atoms. The molecule has 4 amide bonds. The molecule has 3 aliphatic heterocycles. The van der Waals surface area contributed by atoms with Crippen molar-refractivity contribution in [1.82, 2.24) is 44.5 Å². The summed E-state index contributed by atoms with van der Waals surface area (Å²) in [5, 5.41) is 12.7. The zero-order valence-corrected chi connectivity index (χ0v) is 34.5. The first-order valence-corrected chi connectivity index (χ1v) is 20.4. The molecule has 0 unspecified atom stereocenters. The smallest absolute Gasteiger partial charge is 0.407 e. The molecule has 2 fully saturated rings. The first-order chi connectivity index (χ1) is 28.8. The molecule has 17 heteroatoms. The summed E-state index contributed by atoms with van der Waals surface area (Å²) in [4.78, 5) is 71.7. The number of likely N-dealkylation sites (tertiary alicyclic amines) is 2. The van der Waals surface area contributed by atoms with Gasteiger partial charge in [0.2, 0.25) is 11.8 Å². The number of aromatic nitrogens is 5. The normalized spacial score (nSPS) is 18.4. The highest BCUT2D eigenvalue weighted by atomic mass is 19.1. The first kappa shape index (κ1) is 40.4. The Morgan fingerprint density at radius 1 is 0.900 bits per heavy atom. The molecule has 5 aromatic rings. The Morgan fingerprint density at radius 2 is 1.50 bits per heavy atom. The van der Waals surface area contributed by atoms with Gasteiger partial charge >= 0.3 is 12.2 Å². The summed E-state index contributed by atoms with van der Waals surface area (Å²) >= 11 is 0. The summed E-state index contributed by atoms with van der Waals surface area (Å²) in [6.07, 6.45) is 4.53. The number of hydrogen-bond donors (Lipinski definition) is 4. The van der Waals surface area contributed by atoms with Crippen molar-refractivity contribution >= 4 is 34.9 Å². The number of fused-ring (bicyclic) bond motifs is 5. The fourth-order valence-corrected chi connectivity index (χ4v) is 9.02. The molecule has 60 heavy (non-hydrogen) atoms. The molecule has 3 aliphatic rings. The quantitative estimate of drug-likeness (QED) is 0.116. The number of H-pyrrole nitrogens is 2. The minimum atomic E-state index is -1.15. The van der Waals surface area contributed by atoms with Gasteiger partial charge in [0.15, 0.2) is 12.5 Å². The Kier molecular flexibility index (Phi) is 10.8. The van der Waals surface area contributed by atoms with Gasteiger partial charge in [0.05, 0.1) is 54.2 Å². The van der Waals surface area contributed by atoms with Crippen LogP contribution in [0.5, 0.6) is 5.75 Å². The van der Waals surface area contributed by atoms with E-state index in [1.807, 2.05) is 62.6 Å². The highest BCUT2D eigenvalue weighted by molar-refractivity contribution is 5.93. The summed E-state index contributed by atoms with van der Waals surface area (Å²) in [7, 11) is 2.69. The van der Waals surface area contributed by atoms with Crippen molar-refractivity contribution in [3.63, 3.8) is 0 Å². The second-order valence-electron chi connectivity index (χ2n) is 16.5. The standard InChI is InChI=1S/C43H50FN9O7/c1-22(2)35(49-42(56)59-6)40(54)51-15-7-9-31(51)38-45-19-28(47-38)24-12-14-30-27(17-24)34(44)37-26-13-11-25(18-33(26)60-21-53(30)37)29-20-46-39(48-29)32-10-8-16-52(32)41(55)36(23(3)4)50(5)43(57)58/h11-14,17-20,22-23,31-32,35-36H,7-10,15-16,21H2,1-6H3,(H,45,47)(H,46,48)(H,49,56)(H,57,58)/t31-,32-,35-,36-/m0/s1. The number of nitrogens with one attached hydrogen (secondary N) is 3. The Hall–Kier alpha value is -6.39. The zero-order chi connectivity index (χ0) is 42.6. The molecule has 316 valence electrons. The summed E-state index contributed by atoms with van der Waals surface area (Å²) in [6, 6.07) is 8.93. The number of alkyl carbamates (subject to hydrolysis) is 1. The van der Waals surface area contributed by atoms with Crippen molar-refractivity contribution in [3.05, 3.63) is 66.3 Å². The van der Waals surface area contributed by atoms with Crippen molar-refractivity contribution in [2.75, 3.05) is 27.2 Å². The number of likely N-dealkylation sites (N-methyl/N-ethyl adjacent to an activating group) is 1. The van der Waals surface area contributed by atoms with Crippen LogP contribution in [0, 0.1) is 17.7 Å². The number of carbonyl (C=O) groups is 4. The average molecular weight is 824 g/mol. The Labute approximate surface area is 346 Å². The van der Waals surface area contributed by atoms with Crippen molar-refractivity contribution in [3.8, 4) is 39.5 Å². The lowest BCUT2D eigenvalue weighted by Gasteiger charge is -2.33. The SMILES string of the molecule is COC(=O)N[C@H](C(=O)N1CCC[C@H]1c1ncc(-c2ccc3c(c2)c(F)c2n3COc3cc(-c4cnc([C@@H]5CCCN5C(=O)[C@H](C(C)C)N(C)C(=O)O)[nH]4)ccc3-2)[nH]1)C(C)C. The number of methoxy groups -OCH3 is 1. The van der Waals surface area contributed by atoms with E-state index < -0.39 is 24.3 Å². The predicted molar refractivity (Wildman–Crippen MR) is 219 cm³/mol. The van der Waals surface area contributed by atoms with E-state index in [4.69, 9.17) is 9.47 Å². The number of benzene rings is 2. The molecule has 0 saturated carbocycles. The number of imidazole rings is 2. The van der Waals surface area contributed by atoms with Crippen LogP contribution in [0.3, 0.4) is 0 Å². The lowest BCUT2D eigenvalue weighted by Crippen LogP contribution is -2.51. The average Bonchev–Trinajstić information content (AvgIpc) is 4.09. The molecule has 6 heterocycles. The minimum absolute atomic E-state index is 0.0999. The van der Waals surface area contributed by atoms with Gasteiger partial charge in [-0.1, -0.05) is 39.8 Å². The second-order valence-corrected chi connectivity index (χ2v) is 16.5. The van der Waals surface area contributed by atoms with E-state index in [9.17, 15) is 24.3 Å². The third kappa shape index (κ3) is 7.08. The third-order valence-electron chi connectivity index (χ3n) is 12.1. The largest absolute Gasteiger partial charge is 0.472 e. The topological polar surface area (TPSA) is 191 Å². The number of amides is 4. The van der Waals surface area contributed by atoms with Gasteiger partial charge in [0.25, 0.3) is 0 Å². The van der Waals surface area contributed by atoms with Gasteiger partial charge in [0.1, 0.15) is 29.5 Å². The fraction of sp³-hybridized carbons (Fsp3) is 0.442. The summed E-state index contributed by atoms with van der Waals surface area (Å²) in [5.74, 6) is 0.561. The van der Waals surface area contributed by atoms with Gasteiger partial charge in [-0.3, -0.25) is 14.5 Å². The van der Waals surface area contributed by atoms with Gasteiger partial charge in [-0.15, -0.1) is 0 Å². The van der Waals surface area contributed by atoms with E-state index in [0.29, 0.717) is 76.9 Å². The van der Waals surface area contributed by atoms with Crippen LogP contribution in [0.25, 0.3) is 44.7 Å². The van der Waals surface area contributed by atoms with E-state index >= 15 is 4.39 Å². The third-order valence-corrected chi connectivity index (χ3v) is 12.1. The van der Waals surface area contributed by atoms with Gasteiger partial charge in [-0.05, 0) is 61.8 Å². The zero-order valence-electron chi connectivity index (χ0n) is 34.5. The lowest BCUT2D eigenvalue weighted by molar-refractivity contribution is -0.138. The van der Waals surface area contributed by atoms with E-state index in [1.54, 1.807) is 28.3 Å². The number of hydrogen-bond acceptors (Lipinski definition) is 8. The Bertz CT molecular complexity index is 2470. The monoisotopic (exact) mass is 823 g/mol. The van der Waals surface area contributed by atoms with Gasteiger partial charge < -0.3 is 44.2 Å². The molecule has 0 aliphatic carbocycles. The first-order valence-electron chi connectivity index (χ1n) is 20.4. The molecule has 4 N–H and O–H groups in total. The molecule has 3 aromatic heterocycles. The maximum atomic E-state index is 16.6. The lowest BCUT2D eigenvalue weighted by atomic mass is 10.0. The summed E-state index contributed by atoms with van der Waals surface area (Å²) in [6.45, 7) is 8.55. The molecule has 0 spiro atoms. The number of carbonyl (C=O) groups excluding carboxylic acids is 3. The van der Waals surface area contributed by atoms with Crippen molar-refractivity contribution in [2.24, 2.45) is 11.8 Å². The predicted octanol–water partition coefficient (Wildman–Crippen LogP) is 6.92. The Morgan fingerprint density at radius 3 is 2.08 bits per heavy atom. The molecule has 16 nitrogen and oxygen atoms in total. The number of carboxylic acid groups (broad SMARTS) is 1. The molecule has 4 atom stereocenters. The molecule has 2 aromatic carbocycles. The van der Waals surface area contributed by atoms with Gasteiger partial charge in [-0.2, -0.15) is 0 Å². The van der Waals surface area contributed by atoms with Crippen molar-refractivity contribution < 1.29 is 38.1 Å². The van der Waals surface area contributed by atoms with Crippen LogP contribution >= 0.6 is 0 Å². The second kappa shape index (κ2) is 16.0. The molecule has 2 saturated heterocycles.